The van der Waals surface area contributed by atoms with Crippen molar-refractivity contribution in [2.75, 3.05) is 10.7 Å². The molecular weight excluding hydrogens is 454 g/mol. The van der Waals surface area contributed by atoms with E-state index in [-0.39, 0.29) is 11.7 Å². The van der Waals surface area contributed by atoms with E-state index in [9.17, 15) is 4.79 Å². The molecule has 6 nitrogen and oxygen atoms in total. The number of benzene rings is 3. The number of aromatic nitrogens is 4. The zero-order valence-corrected chi connectivity index (χ0v) is 19.8. The summed E-state index contributed by atoms with van der Waals surface area (Å²) in [6, 6.07) is 33.5. The van der Waals surface area contributed by atoms with Crippen LogP contribution in [0.5, 0.6) is 0 Å². The molecule has 0 N–H and O–H groups in total. The summed E-state index contributed by atoms with van der Waals surface area (Å²) in [7, 11) is 0. The number of nitrogens with zero attached hydrogens (tertiary/aromatic N) is 5. The average Bonchev–Trinajstić information content (AvgIpc) is 3.36. The van der Waals surface area contributed by atoms with Gasteiger partial charge >= 0.3 is 0 Å². The van der Waals surface area contributed by atoms with Crippen molar-refractivity contribution in [1.82, 2.24) is 19.7 Å². The molecule has 0 aliphatic heterocycles. The van der Waals surface area contributed by atoms with E-state index in [4.69, 9.17) is 0 Å². The van der Waals surface area contributed by atoms with Crippen LogP contribution in [-0.4, -0.2) is 31.4 Å². The number of thioether (sulfide) groups is 1. The normalized spacial score (nSPS) is 10.7. The number of anilines is 1. The van der Waals surface area contributed by atoms with E-state index in [1.54, 1.807) is 12.4 Å². The Hall–Kier alpha value is -4.23. The standard InChI is InChI=1S/C28H23N5OS/c34-26(32(24-14-6-2-7-15-24)20-22-11-4-1-5-12-22)21-35-28-31-30-27(23-13-10-18-29-19-23)33(28)25-16-8-3-9-17-25/h1-19H,20-21H2. The second-order valence-corrected chi connectivity index (χ2v) is 8.75. The van der Waals surface area contributed by atoms with Crippen LogP contribution in [0.3, 0.4) is 0 Å². The summed E-state index contributed by atoms with van der Waals surface area (Å²) >= 11 is 1.38. The van der Waals surface area contributed by atoms with Gasteiger partial charge in [-0.15, -0.1) is 10.2 Å². The number of carbonyl (C=O) groups is 1. The topological polar surface area (TPSA) is 63.9 Å². The predicted octanol–water partition coefficient (Wildman–Crippen LogP) is 5.65. The summed E-state index contributed by atoms with van der Waals surface area (Å²) in [5.41, 5.74) is 3.72. The van der Waals surface area contributed by atoms with E-state index in [0.29, 0.717) is 17.5 Å². The molecule has 0 atom stereocenters. The molecule has 5 aromatic rings. The Labute approximate surface area is 208 Å². The maximum atomic E-state index is 13.5. The molecule has 2 aromatic heterocycles. The lowest BCUT2D eigenvalue weighted by Crippen LogP contribution is -2.32. The Bertz CT molecular complexity index is 1380. The Morgan fingerprint density at radius 2 is 1.49 bits per heavy atom. The van der Waals surface area contributed by atoms with Crippen molar-refractivity contribution in [2.24, 2.45) is 0 Å². The fourth-order valence-electron chi connectivity index (χ4n) is 3.76. The van der Waals surface area contributed by atoms with E-state index < -0.39 is 0 Å². The monoisotopic (exact) mass is 477 g/mol. The van der Waals surface area contributed by atoms with Gasteiger partial charge in [0.1, 0.15) is 0 Å². The minimum Gasteiger partial charge on any atom is -0.307 e. The van der Waals surface area contributed by atoms with Crippen LogP contribution in [0.4, 0.5) is 5.69 Å². The van der Waals surface area contributed by atoms with Crippen molar-refractivity contribution in [3.8, 4) is 17.1 Å². The SMILES string of the molecule is O=C(CSc1nnc(-c2cccnc2)n1-c1ccccc1)N(Cc1ccccc1)c1ccccc1. The first-order valence-corrected chi connectivity index (χ1v) is 12.2. The molecule has 0 aliphatic rings. The Morgan fingerprint density at radius 1 is 0.800 bits per heavy atom. The van der Waals surface area contributed by atoms with Gasteiger partial charge in [-0.05, 0) is 42.0 Å². The van der Waals surface area contributed by atoms with Gasteiger partial charge in [-0.25, -0.2) is 0 Å². The molecule has 0 bridgehead atoms. The van der Waals surface area contributed by atoms with Crippen LogP contribution in [0.2, 0.25) is 0 Å². The smallest absolute Gasteiger partial charge is 0.237 e. The third-order valence-electron chi connectivity index (χ3n) is 5.44. The Balaban J connectivity index is 1.43. The van der Waals surface area contributed by atoms with Gasteiger partial charge in [0.15, 0.2) is 11.0 Å². The van der Waals surface area contributed by atoms with Crippen LogP contribution in [0.15, 0.2) is 121 Å². The van der Waals surface area contributed by atoms with Crippen LogP contribution in [0.25, 0.3) is 17.1 Å². The molecule has 0 spiro atoms. The van der Waals surface area contributed by atoms with Crippen LogP contribution in [-0.2, 0) is 11.3 Å². The van der Waals surface area contributed by atoms with Crippen LogP contribution in [0.1, 0.15) is 5.56 Å². The summed E-state index contributed by atoms with van der Waals surface area (Å²) in [5.74, 6) is 0.902. The Kier molecular flexibility index (Phi) is 6.96. The lowest BCUT2D eigenvalue weighted by Gasteiger charge is -2.23. The lowest BCUT2D eigenvalue weighted by atomic mass is 10.2. The molecule has 1 amide bonds. The summed E-state index contributed by atoms with van der Waals surface area (Å²) in [6.45, 7) is 0.497. The largest absolute Gasteiger partial charge is 0.307 e. The first-order chi connectivity index (χ1) is 17.3. The van der Waals surface area contributed by atoms with E-state index in [1.165, 1.54) is 11.8 Å². The minimum absolute atomic E-state index is 0.00408. The van der Waals surface area contributed by atoms with Crippen molar-refractivity contribution in [1.29, 1.82) is 0 Å². The van der Waals surface area contributed by atoms with Crippen LogP contribution < -0.4 is 4.90 Å². The number of carbonyl (C=O) groups excluding carboxylic acids is 1. The fourth-order valence-corrected chi connectivity index (χ4v) is 4.58. The Morgan fingerprint density at radius 3 is 2.17 bits per heavy atom. The molecule has 7 heteroatoms. The van der Waals surface area contributed by atoms with Crippen molar-refractivity contribution >= 4 is 23.4 Å². The molecule has 0 fully saturated rings. The first kappa shape index (κ1) is 22.6. The van der Waals surface area contributed by atoms with Crippen LogP contribution >= 0.6 is 11.8 Å². The maximum Gasteiger partial charge on any atom is 0.237 e. The zero-order valence-electron chi connectivity index (χ0n) is 18.9. The van der Waals surface area contributed by atoms with Crippen molar-refractivity contribution in [3.05, 3.63) is 121 Å². The first-order valence-electron chi connectivity index (χ1n) is 11.2. The van der Waals surface area contributed by atoms with Gasteiger partial charge < -0.3 is 4.90 Å². The summed E-state index contributed by atoms with van der Waals surface area (Å²) in [4.78, 5) is 19.5. The van der Waals surface area contributed by atoms with E-state index in [2.05, 4.69) is 15.2 Å². The number of pyridine rings is 1. The number of hydrogen-bond donors (Lipinski definition) is 0. The molecule has 2 heterocycles. The van der Waals surface area contributed by atoms with Crippen molar-refractivity contribution < 1.29 is 4.79 Å². The van der Waals surface area contributed by atoms with Gasteiger partial charge in [0.2, 0.25) is 5.91 Å². The van der Waals surface area contributed by atoms with Gasteiger partial charge in [0.05, 0.1) is 12.3 Å². The zero-order chi connectivity index (χ0) is 23.9. The minimum atomic E-state index is -0.00408. The summed E-state index contributed by atoms with van der Waals surface area (Å²) in [5, 5.41) is 9.52. The second kappa shape index (κ2) is 10.8. The molecular formula is C28H23N5OS. The average molecular weight is 478 g/mol. The molecule has 5 rings (SSSR count). The molecule has 0 radical (unpaired) electrons. The number of hydrogen-bond acceptors (Lipinski definition) is 5. The molecule has 35 heavy (non-hydrogen) atoms. The number of amides is 1. The van der Waals surface area contributed by atoms with Gasteiger partial charge in [0.25, 0.3) is 0 Å². The highest BCUT2D eigenvalue weighted by molar-refractivity contribution is 7.99. The van der Waals surface area contributed by atoms with Gasteiger partial charge in [-0.2, -0.15) is 0 Å². The highest BCUT2D eigenvalue weighted by atomic mass is 32.2. The van der Waals surface area contributed by atoms with Crippen molar-refractivity contribution in [2.45, 2.75) is 11.7 Å². The third-order valence-corrected chi connectivity index (χ3v) is 6.36. The number of rotatable bonds is 8. The molecule has 0 unspecified atom stereocenters. The number of para-hydroxylation sites is 2. The molecule has 0 aliphatic carbocycles. The van der Waals surface area contributed by atoms with E-state index in [1.807, 2.05) is 113 Å². The van der Waals surface area contributed by atoms with Gasteiger partial charge in [-0.3, -0.25) is 14.3 Å². The van der Waals surface area contributed by atoms with E-state index >= 15 is 0 Å². The van der Waals surface area contributed by atoms with E-state index in [0.717, 1.165) is 22.5 Å². The predicted molar refractivity (Wildman–Crippen MR) is 139 cm³/mol. The maximum absolute atomic E-state index is 13.5. The van der Waals surface area contributed by atoms with Gasteiger partial charge in [0, 0.05) is 29.3 Å². The van der Waals surface area contributed by atoms with Crippen molar-refractivity contribution in [3.63, 3.8) is 0 Å². The van der Waals surface area contributed by atoms with Gasteiger partial charge in [-0.1, -0.05) is 78.5 Å². The molecule has 0 saturated carbocycles. The second-order valence-electron chi connectivity index (χ2n) is 7.81. The van der Waals surface area contributed by atoms with Crippen LogP contribution in [0, 0.1) is 0 Å². The highest BCUT2D eigenvalue weighted by Crippen LogP contribution is 2.28. The highest BCUT2D eigenvalue weighted by Gasteiger charge is 2.21. The molecule has 0 saturated heterocycles. The lowest BCUT2D eigenvalue weighted by molar-refractivity contribution is -0.116. The fraction of sp³-hybridized carbons (Fsp3) is 0.0714. The molecule has 172 valence electrons. The third kappa shape index (κ3) is 5.31. The summed E-state index contributed by atoms with van der Waals surface area (Å²) in [6.07, 6.45) is 3.49. The molecule has 3 aromatic carbocycles. The quantitative estimate of drug-likeness (QED) is 0.270. The summed E-state index contributed by atoms with van der Waals surface area (Å²) < 4.78 is 1.97.